The zero-order chi connectivity index (χ0) is 22.8. The summed E-state index contributed by atoms with van der Waals surface area (Å²) >= 11 is 1.43. The van der Waals surface area contributed by atoms with Crippen LogP contribution in [-0.4, -0.2) is 64.9 Å². The summed E-state index contributed by atoms with van der Waals surface area (Å²) in [5.41, 5.74) is 3.34. The van der Waals surface area contributed by atoms with Gasteiger partial charge in [-0.25, -0.2) is 4.98 Å². The van der Waals surface area contributed by atoms with E-state index in [0.717, 1.165) is 32.8 Å². The van der Waals surface area contributed by atoms with Crippen molar-refractivity contribution < 1.29 is 14.3 Å². The van der Waals surface area contributed by atoms with Crippen LogP contribution >= 0.6 is 11.3 Å². The molecule has 2 aromatic heterocycles. The highest BCUT2D eigenvalue weighted by molar-refractivity contribution is 7.13. The summed E-state index contributed by atoms with van der Waals surface area (Å²) in [6.07, 6.45) is 2.26. The Balaban J connectivity index is 1.21. The standard InChI is InChI=1S/C25H24N4O3S/c1-32-22-9-5-3-7-19(22)24-27-21(16-33-24)25(31)29-12-10-28(11-13-29)23(30)14-17-15-26-20-8-4-2-6-18(17)20/h2-9,15-16,26H,10-14H2,1H3. The molecule has 7 nitrogen and oxygen atoms in total. The number of aromatic nitrogens is 2. The van der Waals surface area contributed by atoms with Gasteiger partial charge < -0.3 is 19.5 Å². The molecule has 2 amide bonds. The summed E-state index contributed by atoms with van der Waals surface area (Å²) in [7, 11) is 1.62. The second-order valence-corrected chi connectivity index (χ2v) is 8.81. The lowest BCUT2D eigenvalue weighted by atomic mass is 10.1. The minimum absolute atomic E-state index is 0.0824. The number of amides is 2. The minimum atomic E-state index is -0.101. The maximum atomic E-state index is 13.0. The number of carbonyl (C=O) groups is 2. The summed E-state index contributed by atoms with van der Waals surface area (Å²) < 4.78 is 5.41. The van der Waals surface area contributed by atoms with Crippen LogP contribution in [0.3, 0.4) is 0 Å². The van der Waals surface area contributed by atoms with Gasteiger partial charge in [0, 0.05) is 48.7 Å². The molecule has 33 heavy (non-hydrogen) atoms. The third kappa shape index (κ3) is 4.21. The summed E-state index contributed by atoms with van der Waals surface area (Å²) in [5, 5.41) is 3.62. The topological polar surface area (TPSA) is 78.5 Å². The van der Waals surface area contributed by atoms with E-state index in [0.29, 0.717) is 38.3 Å². The molecule has 3 heterocycles. The van der Waals surface area contributed by atoms with Crippen LogP contribution in [0.5, 0.6) is 5.75 Å². The fourth-order valence-corrected chi connectivity index (χ4v) is 5.01. The summed E-state index contributed by atoms with van der Waals surface area (Å²) in [5.74, 6) is 0.711. The lowest BCUT2D eigenvalue weighted by Crippen LogP contribution is -2.51. The van der Waals surface area contributed by atoms with Gasteiger partial charge in [-0.1, -0.05) is 30.3 Å². The molecule has 0 atom stereocenters. The largest absolute Gasteiger partial charge is 0.496 e. The molecule has 1 aliphatic heterocycles. The Morgan fingerprint density at radius 2 is 1.76 bits per heavy atom. The van der Waals surface area contributed by atoms with E-state index in [4.69, 9.17) is 4.74 Å². The van der Waals surface area contributed by atoms with Crippen LogP contribution in [0.15, 0.2) is 60.1 Å². The van der Waals surface area contributed by atoms with Gasteiger partial charge in [-0.05, 0) is 23.8 Å². The summed E-state index contributed by atoms with van der Waals surface area (Å²) in [6.45, 7) is 2.05. The molecule has 0 radical (unpaired) electrons. The molecule has 1 aliphatic rings. The molecule has 2 aromatic carbocycles. The number of rotatable bonds is 5. The van der Waals surface area contributed by atoms with Crippen molar-refractivity contribution in [3.05, 3.63) is 71.4 Å². The van der Waals surface area contributed by atoms with Crippen LogP contribution in [0, 0.1) is 0 Å². The third-order valence-electron chi connectivity index (χ3n) is 6.00. The smallest absolute Gasteiger partial charge is 0.273 e. The normalized spacial score (nSPS) is 14.0. The van der Waals surface area contributed by atoms with Crippen molar-refractivity contribution in [3.63, 3.8) is 0 Å². The number of H-pyrrole nitrogens is 1. The van der Waals surface area contributed by atoms with Crippen LogP contribution in [-0.2, 0) is 11.2 Å². The van der Waals surface area contributed by atoms with E-state index in [2.05, 4.69) is 9.97 Å². The first-order valence-corrected chi connectivity index (χ1v) is 11.7. The van der Waals surface area contributed by atoms with Gasteiger partial charge in [-0.15, -0.1) is 11.3 Å². The van der Waals surface area contributed by atoms with Gasteiger partial charge in [0.25, 0.3) is 5.91 Å². The van der Waals surface area contributed by atoms with Gasteiger partial charge in [0.05, 0.1) is 19.1 Å². The number of methoxy groups -OCH3 is 1. The first-order valence-electron chi connectivity index (χ1n) is 10.8. The molecule has 8 heteroatoms. The van der Waals surface area contributed by atoms with Crippen molar-refractivity contribution in [1.82, 2.24) is 19.8 Å². The maximum absolute atomic E-state index is 13.0. The molecule has 168 valence electrons. The van der Waals surface area contributed by atoms with Gasteiger partial charge in [-0.2, -0.15) is 0 Å². The van der Waals surface area contributed by atoms with Gasteiger partial charge in [0.15, 0.2) is 0 Å². The quantitative estimate of drug-likeness (QED) is 0.491. The number of fused-ring (bicyclic) bond motifs is 1. The minimum Gasteiger partial charge on any atom is -0.496 e. The molecule has 1 N–H and O–H groups in total. The lowest BCUT2D eigenvalue weighted by molar-refractivity contribution is -0.131. The van der Waals surface area contributed by atoms with Gasteiger partial charge in [0.2, 0.25) is 5.91 Å². The van der Waals surface area contributed by atoms with Crippen LogP contribution in [0.2, 0.25) is 0 Å². The number of hydrogen-bond acceptors (Lipinski definition) is 5. The van der Waals surface area contributed by atoms with Crippen molar-refractivity contribution in [2.24, 2.45) is 0 Å². The number of ether oxygens (including phenoxy) is 1. The number of hydrogen-bond donors (Lipinski definition) is 1. The van der Waals surface area contributed by atoms with E-state index in [-0.39, 0.29) is 11.8 Å². The average Bonchev–Trinajstić information content (AvgIpc) is 3.51. The van der Waals surface area contributed by atoms with Crippen molar-refractivity contribution in [3.8, 4) is 16.3 Å². The number of benzene rings is 2. The van der Waals surface area contributed by atoms with E-state index >= 15 is 0 Å². The molecule has 1 fully saturated rings. The number of nitrogens with zero attached hydrogens (tertiary/aromatic N) is 3. The first-order chi connectivity index (χ1) is 16.1. The molecular formula is C25H24N4O3S. The number of aromatic amines is 1. The predicted molar refractivity (Wildman–Crippen MR) is 129 cm³/mol. The van der Waals surface area contributed by atoms with Crippen molar-refractivity contribution >= 4 is 34.1 Å². The highest BCUT2D eigenvalue weighted by Gasteiger charge is 2.27. The van der Waals surface area contributed by atoms with Crippen LogP contribution < -0.4 is 4.74 Å². The molecule has 5 rings (SSSR count). The molecule has 0 aliphatic carbocycles. The lowest BCUT2D eigenvalue weighted by Gasteiger charge is -2.34. The first kappa shape index (κ1) is 21.2. The van der Waals surface area contributed by atoms with Gasteiger partial charge in [-0.3, -0.25) is 9.59 Å². The van der Waals surface area contributed by atoms with Gasteiger partial charge >= 0.3 is 0 Å². The monoisotopic (exact) mass is 460 g/mol. The number of para-hydroxylation sites is 2. The molecule has 0 spiro atoms. The fourth-order valence-electron chi connectivity index (χ4n) is 4.19. The maximum Gasteiger partial charge on any atom is 0.273 e. The Labute approximate surface area is 195 Å². The Kier molecular flexibility index (Phi) is 5.83. The summed E-state index contributed by atoms with van der Waals surface area (Å²) in [6, 6.07) is 15.6. The molecule has 0 saturated carbocycles. The van der Waals surface area contributed by atoms with Crippen molar-refractivity contribution in [2.75, 3.05) is 33.3 Å². The number of thiazole rings is 1. The molecule has 4 aromatic rings. The number of nitrogens with one attached hydrogen (secondary N) is 1. The fraction of sp³-hybridized carbons (Fsp3) is 0.240. The zero-order valence-corrected chi connectivity index (χ0v) is 19.1. The average molecular weight is 461 g/mol. The molecular weight excluding hydrogens is 436 g/mol. The van der Waals surface area contributed by atoms with Crippen LogP contribution in [0.4, 0.5) is 0 Å². The van der Waals surface area contributed by atoms with E-state index in [1.165, 1.54) is 11.3 Å². The van der Waals surface area contributed by atoms with E-state index in [1.807, 2.05) is 59.6 Å². The highest BCUT2D eigenvalue weighted by atomic mass is 32.1. The highest BCUT2D eigenvalue weighted by Crippen LogP contribution is 2.32. The predicted octanol–water partition coefficient (Wildman–Crippen LogP) is 3.83. The summed E-state index contributed by atoms with van der Waals surface area (Å²) in [4.78, 5) is 37.3. The SMILES string of the molecule is COc1ccccc1-c1nc(C(=O)N2CCN(C(=O)Cc3c[nH]c4ccccc34)CC2)cs1. The second-order valence-electron chi connectivity index (χ2n) is 7.95. The zero-order valence-electron chi connectivity index (χ0n) is 18.3. The Morgan fingerprint density at radius 3 is 2.58 bits per heavy atom. The van der Waals surface area contributed by atoms with Crippen molar-refractivity contribution in [2.45, 2.75) is 6.42 Å². The third-order valence-corrected chi connectivity index (χ3v) is 6.87. The molecule has 0 bridgehead atoms. The number of piperazine rings is 1. The van der Waals surface area contributed by atoms with Crippen LogP contribution in [0.1, 0.15) is 16.1 Å². The Bertz CT molecular complexity index is 1300. The second kappa shape index (κ2) is 9.07. The number of carbonyl (C=O) groups excluding carboxylic acids is 2. The van der Waals surface area contributed by atoms with E-state index in [9.17, 15) is 9.59 Å². The van der Waals surface area contributed by atoms with Crippen molar-refractivity contribution in [1.29, 1.82) is 0 Å². The van der Waals surface area contributed by atoms with E-state index < -0.39 is 0 Å². The van der Waals surface area contributed by atoms with Crippen LogP contribution in [0.25, 0.3) is 21.5 Å². The van der Waals surface area contributed by atoms with Gasteiger partial charge in [0.1, 0.15) is 16.5 Å². The molecule has 0 unspecified atom stereocenters. The Morgan fingerprint density at radius 1 is 1.03 bits per heavy atom. The van der Waals surface area contributed by atoms with E-state index in [1.54, 1.807) is 17.4 Å². The molecule has 1 saturated heterocycles. The Hall–Kier alpha value is -3.65.